The van der Waals surface area contributed by atoms with Crippen LogP contribution >= 0.6 is 11.6 Å². The van der Waals surface area contributed by atoms with Crippen LogP contribution in [0.4, 0.5) is 4.39 Å². The number of phenols is 1. The second-order valence-corrected chi connectivity index (χ2v) is 3.32. The van der Waals surface area contributed by atoms with Gasteiger partial charge in [0.25, 0.3) is 0 Å². The molecule has 0 aliphatic rings. The van der Waals surface area contributed by atoms with Crippen molar-refractivity contribution >= 4 is 11.6 Å². The number of hydrogen-bond acceptors (Lipinski definition) is 3. The topological polar surface area (TPSA) is 66.5 Å². The molecule has 1 aromatic rings. The third kappa shape index (κ3) is 2.15. The van der Waals surface area contributed by atoms with Crippen molar-refractivity contribution in [2.75, 3.05) is 6.61 Å². The minimum atomic E-state index is -0.821. The number of benzene rings is 1. The third-order valence-corrected chi connectivity index (χ3v) is 2.25. The van der Waals surface area contributed by atoms with Gasteiger partial charge in [-0.1, -0.05) is 11.6 Å². The maximum absolute atomic E-state index is 13.3. The second-order valence-electron chi connectivity index (χ2n) is 2.91. The molecule has 0 amide bonds. The summed E-state index contributed by atoms with van der Waals surface area (Å²) >= 11 is 5.72. The molecular formula is C9H11ClFNO2. The molecule has 4 N–H and O–H groups in total. The molecule has 0 fully saturated rings. The summed E-state index contributed by atoms with van der Waals surface area (Å²) in [4.78, 5) is 0. The predicted octanol–water partition coefficient (Wildman–Crippen LogP) is 1.57. The van der Waals surface area contributed by atoms with Crippen molar-refractivity contribution in [1.82, 2.24) is 0 Å². The Kier molecular flexibility index (Phi) is 3.69. The average Bonchev–Trinajstić information content (AvgIpc) is 2.13. The highest BCUT2D eigenvalue weighted by Crippen LogP contribution is 2.31. The van der Waals surface area contributed by atoms with Gasteiger partial charge in [-0.2, -0.15) is 0 Å². The Morgan fingerprint density at radius 2 is 2.14 bits per heavy atom. The fraction of sp³-hybridized carbons (Fsp3) is 0.333. The molecule has 1 aromatic carbocycles. The predicted molar refractivity (Wildman–Crippen MR) is 51.7 cm³/mol. The van der Waals surface area contributed by atoms with E-state index in [-0.39, 0.29) is 23.6 Å². The van der Waals surface area contributed by atoms with Crippen molar-refractivity contribution in [3.63, 3.8) is 0 Å². The van der Waals surface area contributed by atoms with Crippen LogP contribution in [0.3, 0.4) is 0 Å². The Labute approximate surface area is 85.9 Å². The largest absolute Gasteiger partial charge is 0.505 e. The van der Waals surface area contributed by atoms with Gasteiger partial charge in [-0.3, -0.25) is 0 Å². The molecule has 5 heteroatoms. The smallest absolute Gasteiger partial charge is 0.171 e. The lowest BCUT2D eigenvalue weighted by molar-refractivity contribution is 0.275. The lowest BCUT2D eigenvalue weighted by Gasteiger charge is -2.13. The van der Waals surface area contributed by atoms with E-state index in [1.165, 1.54) is 6.07 Å². The molecule has 0 spiro atoms. The molecule has 0 bridgehead atoms. The molecule has 0 saturated carbocycles. The van der Waals surface area contributed by atoms with Gasteiger partial charge in [-0.05, 0) is 18.6 Å². The van der Waals surface area contributed by atoms with E-state index in [0.717, 1.165) is 6.07 Å². The Hall–Kier alpha value is -0.840. The monoisotopic (exact) mass is 219 g/mol. The lowest BCUT2D eigenvalue weighted by atomic mass is 10.0. The van der Waals surface area contributed by atoms with Gasteiger partial charge in [-0.15, -0.1) is 0 Å². The minimum absolute atomic E-state index is 0.0423. The van der Waals surface area contributed by atoms with E-state index in [1.54, 1.807) is 0 Å². The van der Waals surface area contributed by atoms with Gasteiger partial charge in [0.2, 0.25) is 0 Å². The highest BCUT2D eigenvalue weighted by molar-refractivity contribution is 6.31. The van der Waals surface area contributed by atoms with E-state index < -0.39 is 17.6 Å². The van der Waals surface area contributed by atoms with Crippen LogP contribution in [0.1, 0.15) is 18.0 Å². The zero-order valence-corrected chi connectivity index (χ0v) is 8.13. The molecule has 1 unspecified atom stereocenters. The van der Waals surface area contributed by atoms with Crippen LogP contribution in [0.15, 0.2) is 12.1 Å². The first-order valence-electron chi connectivity index (χ1n) is 4.11. The molecule has 3 nitrogen and oxygen atoms in total. The fourth-order valence-corrected chi connectivity index (χ4v) is 1.47. The maximum Gasteiger partial charge on any atom is 0.171 e. The molecule has 1 atom stereocenters. The van der Waals surface area contributed by atoms with E-state index >= 15 is 0 Å². The zero-order chi connectivity index (χ0) is 10.7. The number of hydrogen-bond donors (Lipinski definition) is 3. The second kappa shape index (κ2) is 4.59. The first-order chi connectivity index (χ1) is 6.57. The molecule has 14 heavy (non-hydrogen) atoms. The summed E-state index contributed by atoms with van der Waals surface area (Å²) in [6.07, 6.45) is 0.195. The van der Waals surface area contributed by atoms with E-state index in [2.05, 4.69) is 0 Å². The standard InChI is InChI=1S/C9H11ClFNO2/c10-5-1-2-7(14)9(11)8(5)6(12)3-4-13/h1-2,6,13-14H,3-4,12H2. The van der Waals surface area contributed by atoms with Gasteiger partial charge in [0.05, 0.1) is 0 Å². The normalized spacial score (nSPS) is 12.9. The summed E-state index contributed by atoms with van der Waals surface area (Å²) in [6.45, 7) is -0.160. The van der Waals surface area contributed by atoms with Crippen molar-refractivity contribution in [3.8, 4) is 5.75 Å². The Bertz CT molecular complexity index is 333. The van der Waals surface area contributed by atoms with Crippen molar-refractivity contribution in [2.45, 2.75) is 12.5 Å². The molecule has 0 saturated heterocycles. The number of aliphatic hydroxyl groups is 1. The third-order valence-electron chi connectivity index (χ3n) is 1.92. The highest BCUT2D eigenvalue weighted by Gasteiger charge is 2.17. The average molecular weight is 220 g/mol. The molecule has 1 rings (SSSR count). The van der Waals surface area contributed by atoms with Gasteiger partial charge >= 0.3 is 0 Å². The fourth-order valence-electron chi connectivity index (χ4n) is 1.18. The molecular weight excluding hydrogens is 209 g/mol. The lowest BCUT2D eigenvalue weighted by Crippen LogP contribution is -2.14. The van der Waals surface area contributed by atoms with E-state index in [4.69, 9.17) is 27.5 Å². The van der Waals surface area contributed by atoms with Gasteiger partial charge in [0, 0.05) is 23.2 Å². The van der Waals surface area contributed by atoms with Crippen LogP contribution in [0.2, 0.25) is 5.02 Å². The SMILES string of the molecule is NC(CCO)c1c(Cl)ccc(O)c1F. The Morgan fingerprint density at radius 1 is 1.50 bits per heavy atom. The quantitative estimate of drug-likeness (QED) is 0.723. The van der Waals surface area contributed by atoms with Crippen LogP contribution in [-0.4, -0.2) is 16.8 Å². The number of halogens is 2. The van der Waals surface area contributed by atoms with Crippen LogP contribution < -0.4 is 5.73 Å². The molecule has 0 aliphatic carbocycles. The van der Waals surface area contributed by atoms with Gasteiger partial charge in [0.1, 0.15) is 0 Å². The first kappa shape index (κ1) is 11.2. The van der Waals surface area contributed by atoms with Crippen LogP contribution in [-0.2, 0) is 0 Å². The molecule has 0 aromatic heterocycles. The van der Waals surface area contributed by atoms with Crippen LogP contribution in [0.25, 0.3) is 0 Å². The van der Waals surface area contributed by atoms with Crippen molar-refractivity contribution in [1.29, 1.82) is 0 Å². The zero-order valence-electron chi connectivity index (χ0n) is 7.37. The number of aliphatic hydroxyl groups excluding tert-OH is 1. The summed E-state index contributed by atoms with van der Waals surface area (Å²) in [5, 5.41) is 17.9. The molecule has 0 aliphatic heterocycles. The summed E-state index contributed by atoms with van der Waals surface area (Å²) in [6, 6.07) is 1.82. The summed E-state index contributed by atoms with van der Waals surface area (Å²) in [5.74, 6) is -1.31. The van der Waals surface area contributed by atoms with Crippen molar-refractivity contribution in [3.05, 3.63) is 28.5 Å². The Balaban J connectivity index is 3.11. The highest BCUT2D eigenvalue weighted by atomic mass is 35.5. The summed E-state index contributed by atoms with van der Waals surface area (Å²) in [5.41, 5.74) is 5.62. The minimum Gasteiger partial charge on any atom is -0.505 e. The number of nitrogens with two attached hydrogens (primary N) is 1. The molecule has 78 valence electrons. The van der Waals surface area contributed by atoms with E-state index in [0.29, 0.717) is 0 Å². The van der Waals surface area contributed by atoms with E-state index in [9.17, 15) is 4.39 Å². The number of aromatic hydroxyl groups is 1. The van der Waals surface area contributed by atoms with Crippen LogP contribution in [0, 0.1) is 5.82 Å². The van der Waals surface area contributed by atoms with Gasteiger partial charge in [0.15, 0.2) is 11.6 Å². The first-order valence-corrected chi connectivity index (χ1v) is 4.49. The Morgan fingerprint density at radius 3 is 2.71 bits per heavy atom. The van der Waals surface area contributed by atoms with E-state index in [1.807, 2.05) is 0 Å². The van der Waals surface area contributed by atoms with Crippen molar-refractivity contribution < 1.29 is 14.6 Å². The summed E-state index contributed by atoms with van der Waals surface area (Å²) in [7, 11) is 0. The summed E-state index contributed by atoms with van der Waals surface area (Å²) < 4.78 is 13.3. The number of phenolic OH excluding ortho intramolecular Hbond substituents is 1. The van der Waals surface area contributed by atoms with Gasteiger partial charge < -0.3 is 15.9 Å². The maximum atomic E-state index is 13.3. The van der Waals surface area contributed by atoms with Gasteiger partial charge in [-0.25, -0.2) is 4.39 Å². The molecule has 0 radical (unpaired) electrons. The molecule has 0 heterocycles. The number of rotatable bonds is 3. The van der Waals surface area contributed by atoms with Crippen molar-refractivity contribution in [2.24, 2.45) is 5.73 Å². The van der Waals surface area contributed by atoms with Crippen LogP contribution in [0.5, 0.6) is 5.75 Å².